The van der Waals surface area contributed by atoms with Crippen molar-refractivity contribution < 1.29 is 0 Å². The Morgan fingerprint density at radius 2 is 1.86 bits per heavy atom. The van der Waals surface area contributed by atoms with Crippen molar-refractivity contribution in [2.24, 2.45) is 29.1 Å². The second-order valence-electron chi connectivity index (χ2n) is 6.41. The summed E-state index contributed by atoms with van der Waals surface area (Å²) >= 11 is 0. The first-order chi connectivity index (χ1) is 6.55. The molecule has 0 aromatic carbocycles. The first-order valence-corrected chi connectivity index (χ1v) is 6.55. The molecule has 0 nitrogen and oxygen atoms in total. The van der Waals surface area contributed by atoms with Gasteiger partial charge in [-0.05, 0) is 48.3 Å². The van der Waals surface area contributed by atoms with E-state index in [4.69, 9.17) is 0 Å². The van der Waals surface area contributed by atoms with Crippen LogP contribution in [0.3, 0.4) is 0 Å². The van der Waals surface area contributed by atoms with Crippen LogP contribution < -0.4 is 0 Å². The number of fused-ring (bicyclic) bond motifs is 1. The zero-order valence-electron chi connectivity index (χ0n) is 10.3. The largest absolute Gasteiger partial charge is 0.0625 e. The van der Waals surface area contributed by atoms with Gasteiger partial charge in [-0.25, -0.2) is 0 Å². The Morgan fingerprint density at radius 3 is 2.50 bits per heavy atom. The molecule has 2 saturated carbocycles. The Kier molecular flexibility index (Phi) is 2.66. The third-order valence-electron chi connectivity index (χ3n) is 5.35. The van der Waals surface area contributed by atoms with Crippen LogP contribution in [-0.4, -0.2) is 0 Å². The van der Waals surface area contributed by atoms with Gasteiger partial charge in [0.05, 0.1) is 0 Å². The van der Waals surface area contributed by atoms with Crippen molar-refractivity contribution in [3.05, 3.63) is 0 Å². The van der Waals surface area contributed by atoms with Gasteiger partial charge in [0.2, 0.25) is 0 Å². The molecule has 4 atom stereocenters. The molecule has 82 valence electrons. The molecular weight excluding hydrogens is 168 g/mol. The summed E-state index contributed by atoms with van der Waals surface area (Å²) in [5.74, 6) is 3.95. The van der Waals surface area contributed by atoms with Gasteiger partial charge in [0.25, 0.3) is 0 Å². The third kappa shape index (κ3) is 1.42. The molecule has 0 heterocycles. The zero-order chi connectivity index (χ0) is 10.3. The van der Waals surface area contributed by atoms with E-state index in [9.17, 15) is 0 Å². The highest BCUT2D eigenvalue weighted by atomic mass is 14.5. The molecule has 0 heteroatoms. The van der Waals surface area contributed by atoms with Crippen LogP contribution >= 0.6 is 0 Å². The van der Waals surface area contributed by atoms with E-state index in [-0.39, 0.29) is 0 Å². The lowest BCUT2D eigenvalue weighted by atomic mass is 9.60. The maximum Gasteiger partial charge on any atom is -0.0264 e. The summed E-state index contributed by atoms with van der Waals surface area (Å²) in [7, 11) is 0. The summed E-state index contributed by atoms with van der Waals surface area (Å²) in [6.07, 6.45) is 7.50. The van der Waals surface area contributed by atoms with E-state index in [1.165, 1.54) is 32.1 Å². The van der Waals surface area contributed by atoms with Gasteiger partial charge in [-0.15, -0.1) is 0 Å². The number of rotatable bonds is 1. The van der Waals surface area contributed by atoms with Gasteiger partial charge in [-0.2, -0.15) is 0 Å². The molecule has 2 aliphatic carbocycles. The average Bonchev–Trinajstić information content (AvgIpc) is 2.43. The minimum atomic E-state index is 0.700. The second kappa shape index (κ2) is 3.54. The van der Waals surface area contributed by atoms with Gasteiger partial charge in [-0.3, -0.25) is 0 Å². The van der Waals surface area contributed by atoms with Gasteiger partial charge in [-0.1, -0.05) is 40.5 Å². The fourth-order valence-corrected chi connectivity index (χ4v) is 4.70. The molecule has 0 bridgehead atoms. The van der Waals surface area contributed by atoms with Crippen molar-refractivity contribution in [2.75, 3.05) is 0 Å². The fraction of sp³-hybridized carbons (Fsp3) is 1.00. The van der Waals surface area contributed by atoms with Crippen LogP contribution in [0.4, 0.5) is 0 Å². The van der Waals surface area contributed by atoms with Gasteiger partial charge in [0.1, 0.15) is 0 Å². The highest BCUT2D eigenvalue weighted by molar-refractivity contribution is 4.99. The highest BCUT2D eigenvalue weighted by Gasteiger charge is 2.50. The van der Waals surface area contributed by atoms with Gasteiger partial charge < -0.3 is 0 Å². The average molecular weight is 194 g/mol. The van der Waals surface area contributed by atoms with E-state index in [0.29, 0.717) is 5.41 Å². The van der Waals surface area contributed by atoms with E-state index < -0.39 is 0 Å². The van der Waals surface area contributed by atoms with E-state index in [0.717, 1.165) is 23.7 Å². The molecule has 0 aliphatic heterocycles. The van der Waals surface area contributed by atoms with E-state index in [1.54, 1.807) is 0 Å². The van der Waals surface area contributed by atoms with E-state index in [2.05, 4.69) is 27.7 Å². The van der Waals surface area contributed by atoms with Crippen LogP contribution in [0.2, 0.25) is 0 Å². The van der Waals surface area contributed by atoms with Crippen LogP contribution in [-0.2, 0) is 0 Å². The molecule has 0 aromatic heterocycles. The van der Waals surface area contributed by atoms with Gasteiger partial charge in [0.15, 0.2) is 0 Å². The Balaban J connectivity index is 2.20. The lowest BCUT2D eigenvalue weighted by Crippen LogP contribution is -2.37. The normalized spacial score (nSPS) is 48.2. The van der Waals surface area contributed by atoms with Crippen LogP contribution in [0, 0.1) is 29.1 Å². The van der Waals surface area contributed by atoms with Crippen LogP contribution in [0.25, 0.3) is 0 Å². The van der Waals surface area contributed by atoms with Crippen molar-refractivity contribution in [3.63, 3.8) is 0 Å². The molecule has 0 spiro atoms. The Labute approximate surface area is 89.5 Å². The summed E-state index contributed by atoms with van der Waals surface area (Å²) in [5.41, 5.74) is 0.700. The Morgan fingerprint density at radius 1 is 1.14 bits per heavy atom. The van der Waals surface area contributed by atoms with Crippen LogP contribution in [0.15, 0.2) is 0 Å². The minimum Gasteiger partial charge on any atom is -0.0625 e. The Hall–Kier alpha value is 0. The molecule has 2 rings (SSSR count). The molecule has 14 heavy (non-hydrogen) atoms. The van der Waals surface area contributed by atoms with Crippen LogP contribution in [0.1, 0.15) is 59.8 Å². The van der Waals surface area contributed by atoms with Gasteiger partial charge in [0, 0.05) is 0 Å². The molecule has 4 unspecified atom stereocenters. The lowest BCUT2D eigenvalue weighted by Gasteiger charge is -2.45. The van der Waals surface area contributed by atoms with Gasteiger partial charge >= 0.3 is 0 Å². The molecule has 0 saturated heterocycles. The van der Waals surface area contributed by atoms with E-state index in [1.807, 2.05) is 0 Å². The molecular formula is C14H26. The maximum absolute atomic E-state index is 2.59. The van der Waals surface area contributed by atoms with Crippen molar-refractivity contribution in [3.8, 4) is 0 Å². The summed E-state index contributed by atoms with van der Waals surface area (Å²) in [4.78, 5) is 0. The summed E-state index contributed by atoms with van der Waals surface area (Å²) in [6, 6.07) is 0. The SMILES string of the molecule is CC(C)C1CCC2C(C)CCCC12C. The molecule has 0 radical (unpaired) electrons. The van der Waals surface area contributed by atoms with Crippen molar-refractivity contribution in [1.82, 2.24) is 0 Å². The minimum absolute atomic E-state index is 0.700. The van der Waals surface area contributed by atoms with E-state index >= 15 is 0 Å². The monoisotopic (exact) mass is 194 g/mol. The third-order valence-corrected chi connectivity index (χ3v) is 5.35. The topological polar surface area (TPSA) is 0 Å². The van der Waals surface area contributed by atoms with Crippen molar-refractivity contribution >= 4 is 0 Å². The lowest BCUT2D eigenvalue weighted by molar-refractivity contribution is 0.0405. The first kappa shape index (κ1) is 10.5. The molecule has 0 N–H and O–H groups in total. The number of hydrogen-bond donors (Lipinski definition) is 0. The second-order valence-corrected chi connectivity index (χ2v) is 6.41. The predicted octanol–water partition coefficient (Wildman–Crippen LogP) is 4.49. The first-order valence-electron chi connectivity index (χ1n) is 6.55. The quantitative estimate of drug-likeness (QED) is 0.577. The Bertz CT molecular complexity index is 198. The van der Waals surface area contributed by atoms with Crippen molar-refractivity contribution in [1.29, 1.82) is 0 Å². The molecule has 0 amide bonds. The summed E-state index contributed by atoms with van der Waals surface area (Å²) < 4.78 is 0. The standard InChI is InChI=1S/C14H26/c1-10(2)12-7-8-13-11(3)6-5-9-14(12,13)4/h10-13H,5-9H2,1-4H3. The predicted molar refractivity (Wildman–Crippen MR) is 62.2 cm³/mol. The number of hydrogen-bond acceptors (Lipinski definition) is 0. The summed E-state index contributed by atoms with van der Waals surface area (Å²) in [5, 5.41) is 0. The smallest absolute Gasteiger partial charge is 0.0264 e. The fourth-order valence-electron chi connectivity index (χ4n) is 4.70. The maximum atomic E-state index is 2.59. The molecule has 0 aromatic rings. The molecule has 2 aliphatic rings. The van der Waals surface area contributed by atoms with Crippen molar-refractivity contribution in [2.45, 2.75) is 59.8 Å². The zero-order valence-corrected chi connectivity index (χ0v) is 10.3. The summed E-state index contributed by atoms with van der Waals surface area (Å²) in [6.45, 7) is 9.94. The highest BCUT2D eigenvalue weighted by Crippen LogP contribution is 2.59. The molecule has 2 fully saturated rings. The van der Waals surface area contributed by atoms with Crippen LogP contribution in [0.5, 0.6) is 0 Å².